The van der Waals surface area contributed by atoms with Gasteiger partial charge in [-0.25, -0.2) is 0 Å². The molecular formula is C16H16N2O. The summed E-state index contributed by atoms with van der Waals surface area (Å²) in [5.74, 6) is 0.578. The molecule has 0 bridgehead atoms. The van der Waals surface area contributed by atoms with Gasteiger partial charge in [0.15, 0.2) is 0 Å². The predicted octanol–water partition coefficient (Wildman–Crippen LogP) is 2.68. The Balaban J connectivity index is 1.70. The minimum Gasteiger partial charge on any atom is -0.312 e. The number of para-hydroxylation sites is 1. The normalized spacial score (nSPS) is 18.8. The van der Waals surface area contributed by atoms with Crippen LogP contribution in [0.4, 0.5) is 5.69 Å². The molecule has 0 aliphatic carbocycles. The lowest BCUT2D eigenvalue weighted by Gasteiger charge is -2.16. The van der Waals surface area contributed by atoms with Crippen LogP contribution in [0.2, 0.25) is 0 Å². The van der Waals surface area contributed by atoms with Crippen molar-refractivity contribution in [2.24, 2.45) is 5.92 Å². The Kier molecular flexibility index (Phi) is 3.27. The molecule has 0 unspecified atom stereocenters. The standard InChI is InChI=1S/C16H16N2O/c19-16-11-13(10-14-6-4-5-9-17-14)12-18(16)15-7-2-1-3-8-15/h1-9,13H,10-12H2/t13-/m0/s1. The molecule has 1 amide bonds. The summed E-state index contributed by atoms with van der Waals surface area (Å²) in [6.07, 6.45) is 3.29. The first-order valence-corrected chi connectivity index (χ1v) is 6.58. The fourth-order valence-corrected chi connectivity index (χ4v) is 2.59. The number of rotatable bonds is 3. The van der Waals surface area contributed by atoms with Gasteiger partial charge in [0.1, 0.15) is 0 Å². The van der Waals surface area contributed by atoms with Gasteiger partial charge in [-0.1, -0.05) is 24.3 Å². The molecule has 1 saturated heterocycles. The van der Waals surface area contributed by atoms with Gasteiger partial charge in [-0.2, -0.15) is 0 Å². The molecule has 0 N–H and O–H groups in total. The summed E-state index contributed by atoms with van der Waals surface area (Å²) in [4.78, 5) is 18.3. The van der Waals surface area contributed by atoms with Crippen LogP contribution in [0, 0.1) is 5.92 Å². The van der Waals surface area contributed by atoms with E-state index in [4.69, 9.17) is 0 Å². The Hall–Kier alpha value is -2.16. The van der Waals surface area contributed by atoms with Crippen LogP contribution in [0.25, 0.3) is 0 Å². The van der Waals surface area contributed by atoms with Gasteiger partial charge in [0.05, 0.1) is 0 Å². The number of hydrogen-bond donors (Lipinski definition) is 0. The molecule has 96 valence electrons. The molecule has 1 aromatic heterocycles. The first-order valence-electron chi connectivity index (χ1n) is 6.58. The van der Waals surface area contributed by atoms with E-state index in [0.717, 1.165) is 24.3 Å². The van der Waals surface area contributed by atoms with Gasteiger partial charge in [-0.3, -0.25) is 9.78 Å². The van der Waals surface area contributed by atoms with Crippen LogP contribution >= 0.6 is 0 Å². The molecule has 1 aliphatic rings. The average Bonchev–Trinajstić information content (AvgIpc) is 2.82. The summed E-state index contributed by atoms with van der Waals surface area (Å²) < 4.78 is 0. The smallest absolute Gasteiger partial charge is 0.227 e. The van der Waals surface area contributed by atoms with Crippen molar-refractivity contribution in [3.05, 3.63) is 60.4 Å². The lowest BCUT2D eigenvalue weighted by atomic mass is 10.0. The van der Waals surface area contributed by atoms with Crippen LogP contribution in [-0.4, -0.2) is 17.4 Å². The zero-order valence-corrected chi connectivity index (χ0v) is 10.7. The highest BCUT2D eigenvalue weighted by Gasteiger charge is 2.30. The number of hydrogen-bond acceptors (Lipinski definition) is 2. The number of benzene rings is 1. The number of anilines is 1. The van der Waals surface area contributed by atoms with E-state index < -0.39 is 0 Å². The topological polar surface area (TPSA) is 33.2 Å². The van der Waals surface area contributed by atoms with Crippen LogP contribution in [0.3, 0.4) is 0 Å². The largest absolute Gasteiger partial charge is 0.312 e. The quantitative estimate of drug-likeness (QED) is 0.841. The van der Waals surface area contributed by atoms with Crippen LogP contribution in [0.1, 0.15) is 12.1 Å². The summed E-state index contributed by atoms with van der Waals surface area (Å²) >= 11 is 0. The van der Waals surface area contributed by atoms with Crippen LogP contribution in [0.15, 0.2) is 54.7 Å². The number of pyridine rings is 1. The second-order valence-corrected chi connectivity index (χ2v) is 4.94. The maximum atomic E-state index is 12.1. The average molecular weight is 252 g/mol. The molecular weight excluding hydrogens is 236 g/mol. The van der Waals surface area contributed by atoms with Crippen molar-refractivity contribution in [3.8, 4) is 0 Å². The number of carbonyl (C=O) groups is 1. The molecule has 3 nitrogen and oxygen atoms in total. The number of amides is 1. The Morgan fingerprint density at radius 1 is 1.11 bits per heavy atom. The van der Waals surface area contributed by atoms with E-state index >= 15 is 0 Å². The Morgan fingerprint density at radius 2 is 1.89 bits per heavy atom. The lowest BCUT2D eigenvalue weighted by Crippen LogP contribution is -2.24. The second kappa shape index (κ2) is 5.22. The summed E-state index contributed by atoms with van der Waals surface area (Å²) in [6.45, 7) is 0.791. The molecule has 0 radical (unpaired) electrons. The zero-order valence-electron chi connectivity index (χ0n) is 10.7. The predicted molar refractivity (Wildman–Crippen MR) is 74.8 cm³/mol. The van der Waals surface area contributed by atoms with Crippen molar-refractivity contribution in [2.45, 2.75) is 12.8 Å². The highest BCUT2D eigenvalue weighted by Crippen LogP contribution is 2.26. The van der Waals surface area contributed by atoms with E-state index in [9.17, 15) is 4.79 Å². The number of carbonyl (C=O) groups excluding carboxylic acids is 1. The third kappa shape index (κ3) is 2.65. The Morgan fingerprint density at radius 3 is 2.63 bits per heavy atom. The summed E-state index contributed by atoms with van der Waals surface area (Å²) in [5, 5.41) is 0. The van der Waals surface area contributed by atoms with E-state index in [1.54, 1.807) is 6.20 Å². The maximum Gasteiger partial charge on any atom is 0.227 e. The van der Waals surface area contributed by atoms with Crippen molar-refractivity contribution in [3.63, 3.8) is 0 Å². The molecule has 1 fully saturated rings. The molecule has 2 heterocycles. The second-order valence-electron chi connectivity index (χ2n) is 4.94. The molecule has 1 atom stereocenters. The molecule has 1 aliphatic heterocycles. The van der Waals surface area contributed by atoms with E-state index in [1.165, 1.54) is 0 Å². The fourth-order valence-electron chi connectivity index (χ4n) is 2.59. The molecule has 19 heavy (non-hydrogen) atoms. The van der Waals surface area contributed by atoms with Crippen molar-refractivity contribution in [1.29, 1.82) is 0 Å². The minimum atomic E-state index is 0.215. The van der Waals surface area contributed by atoms with E-state index in [-0.39, 0.29) is 5.91 Å². The van der Waals surface area contributed by atoms with E-state index in [0.29, 0.717) is 12.3 Å². The zero-order chi connectivity index (χ0) is 13.1. The lowest BCUT2D eigenvalue weighted by molar-refractivity contribution is -0.117. The molecule has 3 rings (SSSR count). The summed E-state index contributed by atoms with van der Waals surface area (Å²) in [6, 6.07) is 15.8. The van der Waals surface area contributed by atoms with E-state index in [2.05, 4.69) is 4.98 Å². The maximum absolute atomic E-state index is 12.1. The first kappa shape index (κ1) is 11.9. The van der Waals surface area contributed by atoms with Gasteiger partial charge in [-0.05, 0) is 36.6 Å². The van der Waals surface area contributed by atoms with Crippen LogP contribution in [-0.2, 0) is 11.2 Å². The van der Waals surface area contributed by atoms with Gasteiger partial charge in [0.2, 0.25) is 5.91 Å². The molecule has 3 heteroatoms. The first-order chi connectivity index (χ1) is 9.33. The third-order valence-electron chi connectivity index (χ3n) is 3.50. The van der Waals surface area contributed by atoms with E-state index in [1.807, 2.05) is 53.4 Å². The van der Waals surface area contributed by atoms with Crippen LogP contribution in [0.5, 0.6) is 0 Å². The number of nitrogens with zero attached hydrogens (tertiary/aromatic N) is 2. The molecule has 0 saturated carbocycles. The summed E-state index contributed by atoms with van der Waals surface area (Å²) in [7, 11) is 0. The highest BCUT2D eigenvalue weighted by molar-refractivity contribution is 5.95. The fraction of sp³-hybridized carbons (Fsp3) is 0.250. The van der Waals surface area contributed by atoms with Gasteiger partial charge in [0.25, 0.3) is 0 Å². The minimum absolute atomic E-state index is 0.215. The van der Waals surface area contributed by atoms with Gasteiger partial charge >= 0.3 is 0 Å². The van der Waals surface area contributed by atoms with Gasteiger partial charge < -0.3 is 4.90 Å². The highest BCUT2D eigenvalue weighted by atomic mass is 16.2. The van der Waals surface area contributed by atoms with Gasteiger partial charge in [0, 0.05) is 30.5 Å². The number of aromatic nitrogens is 1. The SMILES string of the molecule is O=C1C[C@H](Cc2ccccn2)CN1c1ccccc1. The summed E-state index contributed by atoms with van der Waals surface area (Å²) in [5.41, 5.74) is 2.06. The molecule has 2 aromatic rings. The Bertz CT molecular complexity index is 553. The Labute approximate surface area is 112 Å². The van der Waals surface area contributed by atoms with Crippen molar-refractivity contribution >= 4 is 11.6 Å². The van der Waals surface area contributed by atoms with Crippen molar-refractivity contribution in [1.82, 2.24) is 4.98 Å². The van der Waals surface area contributed by atoms with Gasteiger partial charge in [-0.15, -0.1) is 0 Å². The van der Waals surface area contributed by atoms with Crippen molar-refractivity contribution < 1.29 is 4.79 Å². The molecule has 1 aromatic carbocycles. The molecule has 0 spiro atoms. The van der Waals surface area contributed by atoms with Crippen LogP contribution < -0.4 is 4.90 Å². The monoisotopic (exact) mass is 252 g/mol. The van der Waals surface area contributed by atoms with Crippen molar-refractivity contribution in [2.75, 3.05) is 11.4 Å². The third-order valence-corrected chi connectivity index (χ3v) is 3.50.